The monoisotopic (exact) mass is 416 g/mol. The van der Waals surface area contributed by atoms with Gasteiger partial charge in [0.2, 0.25) is 5.91 Å². The van der Waals surface area contributed by atoms with Gasteiger partial charge in [0.1, 0.15) is 11.3 Å². The number of fused-ring (bicyclic) bond motifs is 2. The second-order valence-corrected chi connectivity index (χ2v) is 7.34. The minimum Gasteiger partial charge on any atom is -0.494 e. The van der Waals surface area contributed by atoms with Gasteiger partial charge in [-0.3, -0.25) is 4.79 Å². The molecule has 0 saturated heterocycles. The van der Waals surface area contributed by atoms with Crippen LogP contribution in [0.3, 0.4) is 0 Å². The van der Waals surface area contributed by atoms with Crippen LogP contribution in [-0.2, 0) is 11.4 Å². The van der Waals surface area contributed by atoms with Crippen LogP contribution in [0.25, 0.3) is 21.8 Å². The topological polar surface area (TPSA) is 110 Å². The summed E-state index contributed by atoms with van der Waals surface area (Å²) in [6.45, 7) is 1.45. The second-order valence-electron chi connectivity index (χ2n) is 7.34. The molecule has 5 N–H and O–H groups in total. The van der Waals surface area contributed by atoms with Gasteiger partial charge in [-0.25, -0.2) is 4.98 Å². The molecule has 4 rings (SSSR count). The van der Waals surface area contributed by atoms with E-state index in [-0.39, 0.29) is 12.5 Å². The van der Waals surface area contributed by atoms with Crippen LogP contribution in [0.1, 0.15) is 12.5 Å². The van der Waals surface area contributed by atoms with Crippen molar-refractivity contribution in [3.63, 3.8) is 0 Å². The van der Waals surface area contributed by atoms with Crippen molar-refractivity contribution in [1.82, 2.24) is 4.98 Å². The number of rotatable bonds is 6. The summed E-state index contributed by atoms with van der Waals surface area (Å²) in [5.74, 6) is 0.380. The molecule has 0 saturated carbocycles. The van der Waals surface area contributed by atoms with Gasteiger partial charge in [0, 0.05) is 22.1 Å². The molecule has 0 spiro atoms. The lowest BCUT2D eigenvalue weighted by atomic mass is 10.1. The van der Waals surface area contributed by atoms with Gasteiger partial charge in [-0.05, 0) is 42.8 Å². The molecule has 158 valence electrons. The number of ether oxygens (including phenoxy) is 1. The predicted octanol–water partition coefficient (Wildman–Crippen LogP) is 3.92. The average molecular weight is 416 g/mol. The quantitative estimate of drug-likeness (QED) is 0.355. The lowest BCUT2D eigenvalue weighted by Gasteiger charge is -2.17. The highest BCUT2D eigenvalue weighted by Crippen LogP contribution is 2.37. The van der Waals surface area contributed by atoms with Gasteiger partial charge in [-0.15, -0.1) is 0 Å². The molecule has 0 unspecified atom stereocenters. The van der Waals surface area contributed by atoms with Gasteiger partial charge in [-0.2, -0.15) is 0 Å². The number of aliphatic hydroxyl groups excluding tert-OH is 1. The van der Waals surface area contributed by atoms with Gasteiger partial charge in [0.05, 0.1) is 31.0 Å². The Morgan fingerprint density at radius 3 is 2.58 bits per heavy atom. The SMILES string of the molecule is COc1cccc2c(Nc3cc(CO)cc(NC(=O)[C@H](C)N)c3)c3ccccc3nc12. The van der Waals surface area contributed by atoms with E-state index >= 15 is 0 Å². The van der Waals surface area contributed by atoms with Crippen molar-refractivity contribution in [3.05, 3.63) is 66.2 Å². The summed E-state index contributed by atoms with van der Waals surface area (Å²) in [4.78, 5) is 16.8. The fourth-order valence-electron chi connectivity index (χ4n) is 3.51. The number of carbonyl (C=O) groups excluding carboxylic acids is 1. The Bertz CT molecular complexity index is 1270. The maximum absolute atomic E-state index is 12.1. The average Bonchev–Trinajstić information content (AvgIpc) is 2.78. The van der Waals surface area contributed by atoms with Gasteiger partial charge >= 0.3 is 0 Å². The molecule has 31 heavy (non-hydrogen) atoms. The van der Waals surface area contributed by atoms with Crippen molar-refractivity contribution in [2.24, 2.45) is 5.73 Å². The van der Waals surface area contributed by atoms with E-state index in [9.17, 15) is 9.90 Å². The maximum atomic E-state index is 12.1. The molecule has 7 heteroatoms. The number of anilines is 3. The van der Waals surface area contributed by atoms with Crippen LogP contribution in [0.5, 0.6) is 5.75 Å². The Morgan fingerprint density at radius 1 is 1.10 bits per heavy atom. The molecule has 0 fully saturated rings. The van der Waals surface area contributed by atoms with Gasteiger partial charge in [0.15, 0.2) is 0 Å². The summed E-state index contributed by atoms with van der Waals surface area (Å²) >= 11 is 0. The van der Waals surface area contributed by atoms with Crippen molar-refractivity contribution in [2.75, 3.05) is 17.7 Å². The first-order valence-corrected chi connectivity index (χ1v) is 9.94. The standard InChI is InChI=1S/C24H24N4O3/c1-14(25)24(30)27-17-11-15(13-29)10-16(12-17)26-22-18-6-3-4-8-20(18)28-23-19(22)7-5-9-21(23)31-2/h3-12,14,29H,13,25H2,1-2H3,(H,26,28)(H,27,30)/t14-/m0/s1. The Kier molecular flexibility index (Phi) is 5.70. The number of methoxy groups -OCH3 is 1. The van der Waals surface area contributed by atoms with E-state index in [1.165, 1.54) is 0 Å². The van der Waals surface area contributed by atoms with Crippen LogP contribution in [0.15, 0.2) is 60.7 Å². The fourth-order valence-corrected chi connectivity index (χ4v) is 3.51. The smallest absolute Gasteiger partial charge is 0.240 e. The molecule has 1 amide bonds. The van der Waals surface area contributed by atoms with E-state index in [2.05, 4.69) is 10.6 Å². The number of hydrogen-bond acceptors (Lipinski definition) is 6. The van der Waals surface area contributed by atoms with Gasteiger partial charge < -0.3 is 26.2 Å². The molecule has 7 nitrogen and oxygen atoms in total. The van der Waals surface area contributed by atoms with Crippen LogP contribution in [0.4, 0.5) is 17.1 Å². The summed E-state index contributed by atoms with van der Waals surface area (Å²) in [5, 5.41) is 17.8. The number of aliphatic hydroxyl groups is 1. The van der Waals surface area contributed by atoms with Crippen molar-refractivity contribution in [2.45, 2.75) is 19.6 Å². The van der Waals surface area contributed by atoms with E-state index in [4.69, 9.17) is 15.5 Å². The second kappa shape index (κ2) is 8.59. The van der Waals surface area contributed by atoms with Crippen LogP contribution in [0, 0.1) is 0 Å². The van der Waals surface area contributed by atoms with Gasteiger partial charge in [0.25, 0.3) is 0 Å². The highest BCUT2D eigenvalue weighted by Gasteiger charge is 2.14. The first-order chi connectivity index (χ1) is 15.0. The van der Waals surface area contributed by atoms with Crippen molar-refractivity contribution in [1.29, 1.82) is 0 Å². The zero-order chi connectivity index (χ0) is 22.0. The third-order valence-electron chi connectivity index (χ3n) is 5.02. The van der Waals surface area contributed by atoms with Crippen LogP contribution >= 0.6 is 0 Å². The first kappa shape index (κ1) is 20.6. The third-order valence-corrected chi connectivity index (χ3v) is 5.02. The summed E-state index contributed by atoms with van der Waals surface area (Å²) in [5.41, 5.74) is 10.0. The van der Waals surface area contributed by atoms with Crippen molar-refractivity contribution in [3.8, 4) is 5.75 Å². The van der Waals surface area contributed by atoms with E-state index < -0.39 is 6.04 Å². The van der Waals surface area contributed by atoms with E-state index in [1.54, 1.807) is 26.2 Å². The first-order valence-electron chi connectivity index (χ1n) is 9.94. The normalized spacial score (nSPS) is 12.0. The van der Waals surface area contributed by atoms with Crippen molar-refractivity contribution < 1.29 is 14.6 Å². The number of nitrogens with zero attached hydrogens (tertiary/aromatic N) is 1. The van der Waals surface area contributed by atoms with E-state index in [0.29, 0.717) is 22.7 Å². The number of benzene rings is 3. The zero-order valence-corrected chi connectivity index (χ0v) is 17.3. The summed E-state index contributed by atoms with van der Waals surface area (Å²) in [7, 11) is 1.62. The molecule has 1 heterocycles. The number of para-hydroxylation sites is 2. The summed E-state index contributed by atoms with van der Waals surface area (Å²) in [6, 6.07) is 18.3. The number of hydrogen-bond donors (Lipinski definition) is 4. The van der Waals surface area contributed by atoms with E-state index in [0.717, 1.165) is 27.5 Å². The molecule has 0 aliphatic carbocycles. The predicted molar refractivity (Wildman–Crippen MR) is 124 cm³/mol. The number of aromatic nitrogens is 1. The Hall–Kier alpha value is -3.68. The highest BCUT2D eigenvalue weighted by molar-refractivity contribution is 6.10. The van der Waals surface area contributed by atoms with Crippen molar-refractivity contribution >= 4 is 44.8 Å². The summed E-state index contributed by atoms with van der Waals surface area (Å²) in [6.07, 6.45) is 0. The fraction of sp³-hybridized carbons (Fsp3) is 0.167. The lowest BCUT2D eigenvalue weighted by molar-refractivity contribution is -0.117. The molecular formula is C24H24N4O3. The maximum Gasteiger partial charge on any atom is 0.240 e. The number of nitrogens with two attached hydrogens (primary N) is 1. The number of pyridine rings is 1. The third kappa shape index (κ3) is 4.14. The van der Waals surface area contributed by atoms with Crippen LogP contribution in [0.2, 0.25) is 0 Å². The Morgan fingerprint density at radius 2 is 1.84 bits per heavy atom. The molecule has 0 aliphatic heterocycles. The van der Waals surface area contributed by atoms with Crippen LogP contribution in [-0.4, -0.2) is 29.1 Å². The number of carbonyl (C=O) groups is 1. The summed E-state index contributed by atoms with van der Waals surface area (Å²) < 4.78 is 5.52. The zero-order valence-electron chi connectivity index (χ0n) is 17.3. The largest absolute Gasteiger partial charge is 0.494 e. The molecule has 0 aliphatic rings. The van der Waals surface area contributed by atoms with E-state index in [1.807, 2.05) is 48.5 Å². The molecule has 1 aromatic heterocycles. The number of amides is 1. The minimum atomic E-state index is -0.644. The molecule has 4 aromatic rings. The lowest BCUT2D eigenvalue weighted by Crippen LogP contribution is -2.32. The minimum absolute atomic E-state index is 0.164. The Balaban J connectivity index is 1.87. The number of nitrogens with one attached hydrogen (secondary N) is 2. The Labute approximate surface area is 179 Å². The van der Waals surface area contributed by atoms with Gasteiger partial charge in [-0.1, -0.05) is 30.3 Å². The molecule has 1 atom stereocenters. The molecule has 0 bridgehead atoms. The molecular weight excluding hydrogens is 392 g/mol. The highest BCUT2D eigenvalue weighted by atomic mass is 16.5. The molecule has 3 aromatic carbocycles. The van der Waals surface area contributed by atoms with Crippen LogP contribution < -0.4 is 21.1 Å². The molecule has 0 radical (unpaired) electrons.